The summed E-state index contributed by atoms with van der Waals surface area (Å²) in [5.41, 5.74) is 10.8. The van der Waals surface area contributed by atoms with E-state index in [-0.39, 0.29) is 30.2 Å². The monoisotopic (exact) mass is 578 g/mol. The van der Waals surface area contributed by atoms with Crippen molar-refractivity contribution in [1.82, 2.24) is 0 Å². The quantitative estimate of drug-likeness (QED) is 0.345. The van der Waals surface area contributed by atoms with Crippen molar-refractivity contribution in [2.45, 2.75) is 47.5 Å². The Morgan fingerprint density at radius 1 is 0.857 bits per heavy atom. The Bertz CT molecular complexity index is 1310. The summed E-state index contributed by atoms with van der Waals surface area (Å²) in [6, 6.07) is 27.2. The van der Waals surface area contributed by atoms with Gasteiger partial charge < -0.3 is 24.8 Å². The fourth-order valence-corrected chi connectivity index (χ4v) is 13.5. The van der Waals surface area contributed by atoms with E-state index in [4.69, 9.17) is 0 Å². The third kappa shape index (κ3) is 5.29. The van der Waals surface area contributed by atoms with E-state index in [2.05, 4.69) is 117 Å². The van der Waals surface area contributed by atoms with Crippen LogP contribution in [0.25, 0.3) is 11.1 Å². The normalized spacial score (nSPS) is 16.3. The molecule has 3 heteroatoms. The SMILES string of the molecule is CCC1=[C](/[Zr+2](=[CH]/c2ccccc2)[c]2cccc3c2Cc2ccccc2-3)C(C)C=C1C(C)(C)C.[Cl-].[Cl-]. The molecular formula is C32H34Cl2Zr. The van der Waals surface area contributed by atoms with E-state index in [0.717, 1.165) is 12.8 Å². The Labute approximate surface area is 231 Å². The number of rotatable bonds is 4. The van der Waals surface area contributed by atoms with Gasteiger partial charge in [-0.3, -0.25) is 0 Å². The zero-order valence-electron chi connectivity index (χ0n) is 21.3. The van der Waals surface area contributed by atoms with Gasteiger partial charge in [-0.2, -0.15) is 0 Å². The van der Waals surface area contributed by atoms with Crippen molar-refractivity contribution in [2.24, 2.45) is 11.3 Å². The Kier molecular flexibility index (Phi) is 9.02. The molecule has 0 aliphatic heterocycles. The molecule has 0 aromatic heterocycles. The zero-order chi connectivity index (χ0) is 23.2. The molecule has 0 saturated heterocycles. The summed E-state index contributed by atoms with van der Waals surface area (Å²) in [5.74, 6) is 0.531. The number of hydrogen-bond donors (Lipinski definition) is 0. The van der Waals surface area contributed by atoms with Crippen LogP contribution in [0.15, 0.2) is 93.3 Å². The third-order valence-electron chi connectivity index (χ3n) is 7.23. The number of halogens is 2. The molecule has 0 fully saturated rings. The van der Waals surface area contributed by atoms with Crippen LogP contribution in [-0.2, 0) is 27.7 Å². The Balaban J connectivity index is 0.00000171. The van der Waals surface area contributed by atoms with Crippen LogP contribution in [0.1, 0.15) is 57.7 Å². The van der Waals surface area contributed by atoms with E-state index in [1.165, 1.54) is 22.3 Å². The maximum Gasteiger partial charge on any atom is -1.00 e. The minimum absolute atomic E-state index is 0. The first-order valence-electron chi connectivity index (χ1n) is 12.3. The Morgan fingerprint density at radius 3 is 2.20 bits per heavy atom. The van der Waals surface area contributed by atoms with Crippen molar-refractivity contribution < 1.29 is 46.1 Å². The molecular weight excluding hydrogens is 546 g/mol. The van der Waals surface area contributed by atoms with E-state index in [1.807, 2.05) is 0 Å². The first-order valence-corrected chi connectivity index (χ1v) is 16.2. The molecule has 2 aliphatic carbocycles. The van der Waals surface area contributed by atoms with Crippen LogP contribution in [0, 0.1) is 11.3 Å². The summed E-state index contributed by atoms with van der Waals surface area (Å²) >= 11 is -2.36. The minimum atomic E-state index is -2.36. The summed E-state index contributed by atoms with van der Waals surface area (Å²) in [6.07, 6.45) is 4.80. The van der Waals surface area contributed by atoms with Gasteiger partial charge in [-0.15, -0.1) is 0 Å². The van der Waals surface area contributed by atoms with Crippen molar-refractivity contribution in [3.05, 3.63) is 110 Å². The van der Waals surface area contributed by atoms with Crippen LogP contribution in [0.5, 0.6) is 0 Å². The zero-order valence-corrected chi connectivity index (χ0v) is 25.3. The van der Waals surface area contributed by atoms with E-state index in [9.17, 15) is 0 Å². The van der Waals surface area contributed by atoms with Gasteiger partial charge >= 0.3 is 208 Å². The molecule has 2 aliphatic rings. The van der Waals surface area contributed by atoms with Crippen molar-refractivity contribution >= 4 is 6.98 Å². The standard InChI is InChI=1S/C13H9.C12H19.C7H6.2ClH.Zr/c1-3-7-12-10(5-1)9-11-6-2-4-8-13(11)12;1-6-10-7-9(2)8-11(10)12(3,4)5;1-7-5-3-2-4-6-7;;;/h1-5,7-8H,9H2;8-9H,6H2,1-5H3;1-6H;2*1H;/q;;;;;+2/p-2. The van der Waals surface area contributed by atoms with Gasteiger partial charge in [-0.25, -0.2) is 0 Å². The summed E-state index contributed by atoms with van der Waals surface area (Å²) in [5, 5.41) is 0. The summed E-state index contributed by atoms with van der Waals surface area (Å²) in [7, 11) is 0. The average molecular weight is 581 g/mol. The molecule has 5 rings (SSSR count). The molecule has 0 saturated carbocycles. The molecule has 0 N–H and O–H groups in total. The predicted molar refractivity (Wildman–Crippen MR) is 140 cm³/mol. The number of benzene rings is 3. The van der Waals surface area contributed by atoms with Crippen LogP contribution in [0.4, 0.5) is 0 Å². The molecule has 3 aromatic rings. The first-order chi connectivity index (χ1) is 15.9. The fourth-order valence-electron chi connectivity index (χ4n) is 5.77. The van der Waals surface area contributed by atoms with Crippen LogP contribution < -0.4 is 28.1 Å². The minimum Gasteiger partial charge on any atom is -1.00 e. The molecule has 0 bridgehead atoms. The van der Waals surface area contributed by atoms with E-state index in [1.54, 1.807) is 23.3 Å². The van der Waals surface area contributed by atoms with Crippen LogP contribution in [0.3, 0.4) is 0 Å². The average Bonchev–Trinajstić information content (AvgIpc) is 3.35. The second kappa shape index (κ2) is 11.2. The van der Waals surface area contributed by atoms with Gasteiger partial charge in [0.2, 0.25) is 0 Å². The van der Waals surface area contributed by atoms with Crippen molar-refractivity contribution in [3.63, 3.8) is 0 Å². The molecule has 1 atom stereocenters. The smallest absolute Gasteiger partial charge is 1.00 e. The molecule has 0 radical (unpaired) electrons. The number of fused-ring (bicyclic) bond motifs is 3. The van der Waals surface area contributed by atoms with E-state index in [0.29, 0.717) is 5.92 Å². The maximum absolute atomic E-state index is 2.71. The van der Waals surface area contributed by atoms with Gasteiger partial charge in [-0.05, 0) is 0 Å². The first kappa shape index (κ1) is 28.1. The van der Waals surface area contributed by atoms with Crippen LogP contribution in [-0.4, -0.2) is 3.71 Å². The summed E-state index contributed by atoms with van der Waals surface area (Å²) in [4.78, 5) is 0. The molecule has 180 valence electrons. The topological polar surface area (TPSA) is 0 Å². The predicted octanol–water partition coefficient (Wildman–Crippen LogP) is 1.65. The summed E-state index contributed by atoms with van der Waals surface area (Å²) in [6.45, 7) is 11.9. The van der Waals surface area contributed by atoms with Gasteiger partial charge in [0.15, 0.2) is 0 Å². The Hall–Kier alpha value is -1.53. The molecule has 3 aromatic carbocycles. The molecule has 0 spiro atoms. The Morgan fingerprint density at radius 2 is 1.51 bits per heavy atom. The molecule has 0 nitrogen and oxygen atoms in total. The van der Waals surface area contributed by atoms with Crippen molar-refractivity contribution in [2.75, 3.05) is 0 Å². The number of hydrogen-bond acceptors (Lipinski definition) is 0. The van der Waals surface area contributed by atoms with E-state index < -0.39 is 21.3 Å². The van der Waals surface area contributed by atoms with Gasteiger partial charge in [0.1, 0.15) is 0 Å². The second-order valence-electron chi connectivity index (χ2n) is 10.5. The van der Waals surface area contributed by atoms with Crippen LogP contribution >= 0.6 is 0 Å². The maximum atomic E-state index is 2.71. The van der Waals surface area contributed by atoms with Gasteiger partial charge in [0.25, 0.3) is 0 Å². The van der Waals surface area contributed by atoms with Gasteiger partial charge in [-0.1, -0.05) is 0 Å². The van der Waals surface area contributed by atoms with Gasteiger partial charge in [0, 0.05) is 0 Å². The van der Waals surface area contributed by atoms with Gasteiger partial charge in [0.05, 0.1) is 0 Å². The van der Waals surface area contributed by atoms with E-state index >= 15 is 0 Å². The molecule has 35 heavy (non-hydrogen) atoms. The number of allylic oxidation sites excluding steroid dienone is 4. The second-order valence-corrected chi connectivity index (χ2v) is 15.9. The van der Waals surface area contributed by atoms with Crippen LogP contribution in [0.2, 0.25) is 0 Å². The molecule has 0 amide bonds. The van der Waals surface area contributed by atoms with Crippen molar-refractivity contribution in [3.8, 4) is 11.1 Å². The molecule has 1 unspecified atom stereocenters. The third-order valence-corrected chi connectivity index (χ3v) is 14.6. The largest absolute Gasteiger partial charge is 1.00 e. The summed E-state index contributed by atoms with van der Waals surface area (Å²) < 4.78 is 6.17. The fraction of sp³-hybridized carbons (Fsp3) is 0.281. The van der Waals surface area contributed by atoms with Crippen molar-refractivity contribution in [1.29, 1.82) is 0 Å². The molecule has 0 heterocycles.